The van der Waals surface area contributed by atoms with Crippen LogP contribution in [-0.2, 0) is 9.59 Å². The fraction of sp³-hybridized carbons (Fsp3) is 0.385. The predicted octanol–water partition coefficient (Wildman–Crippen LogP) is 1.73. The third-order valence-corrected chi connectivity index (χ3v) is 3.98. The Morgan fingerprint density at radius 1 is 1.40 bits per heavy atom. The molecule has 1 saturated carbocycles. The molecule has 20 heavy (non-hydrogen) atoms. The molecule has 1 fully saturated rings. The Kier molecular flexibility index (Phi) is 5.56. The molecule has 1 aromatic rings. The van der Waals surface area contributed by atoms with Gasteiger partial charge in [0.2, 0.25) is 11.8 Å². The zero-order valence-corrected chi connectivity index (χ0v) is 13.4. The SMILES string of the molecule is Cc1cc(NC(=O)CNC(=O)C2(N)CC2)ccc1Br.Cl. The van der Waals surface area contributed by atoms with Gasteiger partial charge in [0.05, 0.1) is 12.1 Å². The van der Waals surface area contributed by atoms with Crippen molar-refractivity contribution in [2.45, 2.75) is 25.3 Å². The Hall–Kier alpha value is -1.11. The largest absolute Gasteiger partial charge is 0.345 e. The second kappa shape index (κ2) is 6.56. The van der Waals surface area contributed by atoms with E-state index in [9.17, 15) is 9.59 Å². The lowest BCUT2D eigenvalue weighted by atomic mass is 10.2. The van der Waals surface area contributed by atoms with Gasteiger partial charge in [-0.2, -0.15) is 0 Å². The summed E-state index contributed by atoms with van der Waals surface area (Å²) in [6, 6.07) is 5.51. The van der Waals surface area contributed by atoms with Gasteiger partial charge in [0.25, 0.3) is 0 Å². The molecule has 0 heterocycles. The number of carbonyl (C=O) groups is 2. The van der Waals surface area contributed by atoms with Crippen molar-refractivity contribution in [2.24, 2.45) is 5.73 Å². The van der Waals surface area contributed by atoms with Gasteiger partial charge in [0.15, 0.2) is 0 Å². The van der Waals surface area contributed by atoms with Crippen LogP contribution in [0.3, 0.4) is 0 Å². The van der Waals surface area contributed by atoms with E-state index in [-0.39, 0.29) is 30.8 Å². The van der Waals surface area contributed by atoms with Gasteiger partial charge in [-0.1, -0.05) is 15.9 Å². The monoisotopic (exact) mass is 361 g/mol. The minimum atomic E-state index is -0.742. The number of nitrogens with one attached hydrogen (secondary N) is 2. The minimum Gasteiger partial charge on any atom is -0.345 e. The Morgan fingerprint density at radius 3 is 2.60 bits per heavy atom. The summed E-state index contributed by atoms with van der Waals surface area (Å²) in [7, 11) is 0. The van der Waals surface area contributed by atoms with Crippen molar-refractivity contribution in [3.8, 4) is 0 Å². The first-order chi connectivity index (χ1) is 8.90. The van der Waals surface area contributed by atoms with E-state index in [2.05, 4.69) is 26.6 Å². The number of nitrogens with two attached hydrogens (primary N) is 1. The number of aryl methyl sites for hydroxylation is 1. The lowest BCUT2D eigenvalue weighted by Crippen LogP contribution is -2.45. The first-order valence-electron chi connectivity index (χ1n) is 6.04. The maximum Gasteiger partial charge on any atom is 0.243 e. The van der Waals surface area contributed by atoms with E-state index in [0.717, 1.165) is 10.0 Å². The van der Waals surface area contributed by atoms with Gasteiger partial charge in [-0.05, 0) is 43.5 Å². The summed E-state index contributed by atoms with van der Waals surface area (Å²) in [6.07, 6.45) is 1.37. The van der Waals surface area contributed by atoms with Crippen LogP contribution >= 0.6 is 28.3 Å². The van der Waals surface area contributed by atoms with E-state index in [1.165, 1.54) is 0 Å². The average molecular weight is 363 g/mol. The molecule has 2 rings (SSSR count). The highest BCUT2D eigenvalue weighted by Crippen LogP contribution is 2.31. The van der Waals surface area contributed by atoms with Crippen molar-refractivity contribution in [3.63, 3.8) is 0 Å². The summed E-state index contributed by atoms with van der Waals surface area (Å²) in [5, 5.41) is 5.27. The first-order valence-corrected chi connectivity index (χ1v) is 6.83. The molecule has 0 spiro atoms. The minimum absolute atomic E-state index is 0. The van der Waals surface area contributed by atoms with Crippen LogP contribution in [0.15, 0.2) is 22.7 Å². The van der Waals surface area contributed by atoms with Crippen molar-refractivity contribution in [1.82, 2.24) is 5.32 Å². The van der Waals surface area contributed by atoms with E-state index in [0.29, 0.717) is 18.5 Å². The molecule has 7 heteroatoms. The Bertz CT molecular complexity index is 532. The Morgan fingerprint density at radius 2 is 2.05 bits per heavy atom. The van der Waals surface area contributed by atoms with Crippen molar-refractivity contribution in [2.75, 3.05) is 11.9 Å². The maximum absolute atomic E-state index is 11.7. The standard InChI is InChI=1S/C13H16BrN3O2.ClH/c1-8-6-9(2-3-10(8)14)17-11(18)7-16-12(19)13(15)4-5-13;/h2-3,6H,4-5,7,15H2,1H3,(H,16,19)(H,17,18);1H. The quantitative estimate of drug-likeness (QED) is 0.762. The van der Waals surface area contributed by atoms with E-state index in [4.69, 9.17) is 5.73 Å². The topological polar surface area (TPSA) is 84.2 Å². The van der Waals surface area contributed by atoms with Gasteiger partial charge >= 0.3 is 0 Å². The van der Waals surface area contributed by atoms with Gasteiger partial charge < -0.3 is 16.4 Å². The molecule has 0 radical (unpaired) electrons. The maximum atomic E-state index is 11.7. The van der Waals surface area contributed by atoms with E-state index in [1.807, 2.05) is 19.1 Å². The van der Waals surface area contributed by atoms with Gasteiger partial charge in [0, 0.05) is 10.2 Å². The van der Waals surface area contributed by atoms with Crippen LogP contribution in [0.4, 0.5) is 5.69 Å². The second-order valence-corrected chi connectivity index (χ2v) is 5.71. The third-order valence-electron chi connectivity index (χ3n) is 3.09. The fourth-order valence-electron chi connectivity index (χ4n) is 1.63. The lowest BCUT2D eigenvalue weighted by Gasteiger charge is -2.10. The molecule has 0 bridgehead atoms. The number of hydrogen-bond acceptors (Lipinski definition) is 3. The molecule has 1 aliphatic carbocycles. The van der Waals surface area contributed by atoms with Crippen LogP contribution < -0.4 is 16.4 Å². The molecule has 1 aliphatic rings. The molecule has 0 unspecified atom stereocenters. The van der Waals surface area contributed by atoms with Gasteiger partial charge in [0.1, 0.15) is 0 Å². The highest BCUT2D eigenvalue weighted by Gasteiger charge is 2.45. The number of carbonyl (C=O) groups excluding carboxylic acids is 2. The van der Waals surface area contributed by atoms with Crippen LogP contribution in [0.5, 0.6) is 0 Å². The highest BCUT2D eigenvalue weighted by atomic mass is 79.9. The van der Waals surface area contributed by atoms with Crippen LogP contribution in [0, 0.1) is 6.92 Å². The molecule has 2 amide bonds. The fourth-order valence-corrected chi connectivity index (χ4v) is 1.87. The number of halogens is 2. The van der Waals surface area contributed by atoms with Crippen molar-refractivity contribution >= 4 is 45.8 Å². The van der Waals surface area contributed by atoms with Crippen LogP contribution in [0.1, 0.15) is 18.4 Å². The summed E-state index contributed by atoms with van der Waals surface area (Å²) in [5.41, 5.74) is 6.71. The van der Waals surface area contributed by atoms with Crippen molar-refractivity contribution in [1.29, 1.82) is 0 Å². The number of hydrogen-bond donors (Lipinski definition) is 3. The number of rotatable bonds is 4. The molecule has 0 aromatic heterocycles. The Balaban J connectivity index is 0.00000200. The molecule has 110 valence electrons. The summed E-state index contributed by atoms with van der Waals surface area (Å²) in [6.45, 7) is 1.87. The van der Waals surface area contributed by atoms with Crippen LogP contribution in [0.25, 0.3) is 0 Å². The third kappa shape index (κ3) is 4.19. The molecular formula is C13H17BrClN3O2. The summed E-state index contributed by atoms with van der Waals surface area (Å²) >= 11 is 3.39. The summed E-state index contributed by atoms with van der Waals surface area (Å²) in [4.78, 5) is 23.2. The molecule has 0 saturated heterocycles. The van der Waals surface area contributed by atoms with E-state index < -0.39 is 5.54 Å². The van der Waals surface area contributed by atoms with Crippen LogP contribution in [-0.4, -0.2) is 23.9 Å². The lowest BCUT2D eigenvalue weighted by molar-refractivity contribution is -0.125. The summed E-state index contributed by atoms with van der Waals surface area (Å²) < 4.78 is 0.984. The molecule has 5 nitrogen and oxygen atoms in total. The molecule has 0 aliphatic heterocycles. The molecule has 1 aromatic carbocycles. The average Bonchev–Trinajstić information content (AvgIpc) is 3.10. The molecular weight excluding hydrogens is 346 g/mol. The second-order valence-electron chi connectivity index (χ2n) is 4.85. The van der Waals surface area contributed by atoms with Crippen LogP contribution in [0.2, 0.25) is 0 Å². The number of anilines is 1. The normalized spacial score (nSPS) is 14.9. The smallest absolute Gasteiger partial charge is 0.243 e. The summed E-state index contributed by atoms with van der Waals surface area (Å²) in [5.74, 6) is -0.519. The van der Waals surface area contributed by atoms with Gasteiger partial charge in [-0.25, -0.2) is 0 Å². The highest BCUT2D eigenvalue weighted by molar-refractivity contribution is 9.10. The molecule has 4 N–H and O–H groups in total. The number of amides is 2. The zero-order valence-electron chi connectivity index (χ0n) is 11.0. The van der Waals surface area contributed by atoms with Crippen molar-refractivity contribution in [3.05, 3.63) is 28.2 Å². The first kappa shape index (κ1) is 16.9. The van der Waals surface area contributed by atoms with Crippen molar-refractivity contribution < 1.29 is 9.59 Å². The Labute approximate surface area is 132 Å². The van der Waals surface area contributed by atoms with Gasteiger partial charge in [-0.3, -0.25) is 9.59 Å². The van der Waals surface area contributed by atoms with E-state index in [1.54, 1.807) is 6.07 Å². The predicted molar refractivity (Wildman–Crippen MR) is 83.9 cm³/mol. The zero-order chi connectivity index (χ0) is 14.0. The molecule has 0 atom stereocenters. The number of benzene rings is 1. The van der Waals surface area contributed by atoms with Gasteiger partial charge in [-0.15, -0.1) is 12.4 Å². The van der Waals surface area contributed by atoms with E-state index >= 15 is 0 Å².